The Morgan fingerprint density at radius 3 is 2.79 bits per heavy atom. The Bertz CT molecular complexity index is 608. The standard InChI is InChI=1S/C13H15ClN2O2S/c1-8-7-9-10(14)15-12(16-11(9)19-8)13(17-2)3-5-18-6-4-13/h7H,3-6H2,1-2H3. The minimum Gasteiger partial charge on any atom is -0.381 e. The Morgan fingerprint density at radius 2 is 2.11 bits per heavy atom. The highest BCUT2D eigenvalue weighted by molar-refractivity contribution is 7.18. The van der Waals surface area contributed by atoms with Crippen LogP contribution in [0.3, 0.4) is 0 Å². The summed E-state index contributed by atoms with van der Waals surface area (Å²) >= 11 is 7.91. The smallest absolute Gasteiger partial charge is 0.163 e. The van der Waals surface area contributed by atoms with Crippen molar-refractivity contribution in [3.8, 4) is 0 Å². The van der Waals surface area contributed by atoms with E-state index in [1.54, 1.807) is 18.4 Å². The molecule has 3 heterocycles. The van der Waals surface area contributed by atoms with E-state index in [2.05, 4.69) is 9.97 Å². The lowest BCUT2D eigenvalue weighted by molar-refractivity contribution is -0.0997. The summed E-state index contributed by atoms with van der Waals surface area (Å²) in [7, 11) is 1.70. The molecule has 0 unspecified atom stereocenters. The number of rotatable bonds is 2. The van der Waals surface area contributed by atoms with Crippen LogP contribution < -0.4 is 0 Å². The molecule has 1 fully saturated rings. The first kappa shape index (κ1) is 13.2. The number of ether oxygens (including phenoxy) is 2. The monoisotopic (exact) mass is 298 g/mol. The number of hydrogen-bond donors (Lipinski definition) is 0. The van der Waals surface area contributed by atoms with Crippen molar-refractivity contribution in [3.63, 3.8) is 0 Å². The van der Waals surface area contributed by atoms with E-state index in [-0.39, 0.29) is 0 Å². The third-order valence-corrected chi connectivity index (χ3v) is 4.80. The number of aromatic nitrogens is 2. The van der Waals surface area contributed by atoms with Crippen LogP contribution in [0.1, 0.15) is 23.5 Å². The van der Waals surface area contributed by atoms with Gasteiger partial charge in [-0.05, 0) is 13.0 Å². The molecule has 0 saturated carbocycles. The summed E-state index contributed by atoms with van der Waals surface area (Å²) in [6, 6.07) is 2.02. The van der Waals surface area contributed by atoms with Gasteiger partial charge in [-0.1, -0.05) is 11.6 Å². The largest absolute Gasteiger partial charge is 0.381 e. The first-order valence-electron chi connectivity index (χ1n) is 6.22. The summed E-state index contributed by atoms with van der Waals surface area (Å²) in [4.78, 5) is 11.2. The van der Waals surface area contributed by atoms with Crippen LogP contribution in [0, 0.1) is 6.92 Å². The van der Waals surface area contributed by atoms with Gasteiger partial charge in [-0.25, -0.2) is 9.97 Å². The van der Waals surface area contributed by atoms with Gasteiger partial charge in [0, 0.05) is 43.4 Å². The molecule has 19 heavy (non-hydrogen) atoms. The molecule has 1 aliphatic heterocycles. The van der Waals surface area contributed by atoms with Gasteiger partial charge in [-0.2, -0.15) is 0 Å². The molecule has 1 saturated heterocycles. The molecular weight excluding hydrogens is 284 g/mol. The fourth-order valence-corrected chi connectivity index (χ4v) is 3.59. The fraction of sp³-hybridized carbons (Fsp3) is 0.538. The zero-order valence-electron chi connectivity index (χ0n) is 10.9. The summed E-state index contributed by atoms with van der Waals surface area (Å²) in [5, 5.41) is 1.43. The van der Waals surface area contributed by atoms with Crippen LogP contribution in [0.15, 0.2) is 6.07 Å². The van der Waals surface area contributed by atoms with Gasteiger partial charge in [0.2, 0.25) is 0 Å². The van der Waals surface area contributed by atoms with E-state index >= 15 is 0 Å². The quantitative estimate of drug-likeness (QED) is 0.798. The van der Waals surface area contributed by atoms with Gasteiger partial charge in [0.15, 0.2) is 5.82 Å². The first-order chi connectivity index (χ1) is 9.14. The molecule has 3 rings (SSSR count). The van der Waals surface area contributed by atoms with Crippen molar-refractivity contribution in [2.75, 3.05) is 20.3 Å². The molecular formula is C13H15ClN2O2S. The lowest BCUT2D eigenvalue weighted by Gasteiger charge is -2.34. The normalized spacial score (nSPS) is 18.9. The second-order valence-corrected chi connectivity index (χ2v) is 6.32. The number of methoxy groups -OCH3 is 1. The van der Waals surface area contributed by atoms with Gasteiger partial charge >= 0.3 is 0 Å². The van der Waals surface area contributed by atoms with E-state index in [9.17, 15) is 0 Å². The van der Waals surface area contributed by atoms with Crippen molar-refractivity contribution in [1.29, 1.82) is 0 Å². The molecule has 1 aliphatic rings. The molecule has 0 aliphatic carbocycles. The Labute approximate surface area is 120 Å². The van der Waals surface area contributed by atoms with Crippen molar-refractivity contribution in [1.82, 2.24) is 9.97 Å². The number of nitrogens with zero attached hydrogens (tertiary/aromatic N) is 2. The Balaban J connectivity index is 2.13. The highest BCUT2D eigenvalue weighted by Crippen LogP contribution is 2.36. The van der Waals surface area contributed by atoms with Crippen molar-refractivity contribution in [3.05, 3.63) is 21.9 Å². The molecule has 0 atom stereocenters. The third-order valence-electron chi connectivity index (χ3n) is 3.57. The first-order valence-corrected chi connectivity index (χ1v) is 7.41. The van der Waals surface area contributed by atoms with Gasteiger partial charge < -0.3 is 9.47 Å². The second kappa shape index (κ2) is 4.98. The van der Waals surface area contributed by atoms with Crippen molar-refractivity contribution in [2.45, 2.75) is 25.4 Å². The third kappa shape index (κ3) is 2.25. The molecule has 2 aromatic heterocycles. The summed E-state index contributed by atoms with van der Waals surface area (Å²) in [5.41, 5.74) is -0.464. The van der Waals surface area contributed by atoms with E-state index in [1.165, 1.54) is 4.88 Å². The van der Waals surface area contributed by atoms with E-state index in [1.807, 2.05) is 13.0 Å². The van der Waals surface area contributed by atoms with Crippen molar-refractivity contribution >= 4 is 33.2 Å². The fourth-order valence-electron chi connectivity index (χ4n) is 2.43. The molecule has 0 radical (unpaired) electrons. The van der Waals surface area contributed by atoms with Gasteiger partial charge in [-0.3, -0.25) is 0 Å². The van der Waals surface area contributed by atoms with E-state index in [4.69, 9.17) is 21.1 Å². The average Bonchev–Trinajstić information content (AvgIpc) is 2.80. The van der Waals surface area contributed by atoms with E-state index < -0.39 is 5.60 Å². The Kier molecular flexibility index (Phi) is 3.47. The molecule has 0 N–H and O–H groups in total. The van der Waals surface area contributed by atoms with Crippen molar-refractivity contribution < 1.29 is 9.47 Å². The summed E-state index contributed by atoms with van der Waals surface area (Å²) < 4.78 is 11.1. The zero-order valence-corrected chi connectivity index (χ0v) is 12.5. The van der Waals surface area contributed by atoms with Gasteiger partial charge in [0.05, 0.1) is 0 Å². The zero-order chi connectivity index (χ0) is 13.5. The number of halogens is 1. The Hall–Kier alpha value is -0.750. The molecule has 0 spiro atoms. The lowest BCUT2D eigenvalue weighted by atomic mass is 9.93. The van der Waals surface area contributed by atoms with Crippen LogP contribution in [0.25, 0.3) is 10.2 Å². The van der Waals surface area contributed by atoms with Crippen LogP contribution in [0.4, 0.5) is 0 Å². The van der Waals surface area contributed by atoms with Crippen LogP contribution in [0.2, 0.25) is 5.15 Å². The van der Waals surface area contributed by atoms with Crippen LogP contribution in [-0.2, 0) is 15.1 Å². The Morgan fingerprint density at radius 1 is 1.37 bits per heavy atom. The molecule has 0 bridgehead atoms. The van der Waals surface area contributed by atoms with Gasteiger partial charge in [-0.15, -0.1) is 11.3 Å². The summed E-state index contributed by atoms with van der Waals surface area (Å²) in [5.74, 6) is 0.678. The molecule has 4 nitrogen and oxygen atoms in total. The highest BCUT2D eigenvalue weighted by atomic mass is 35.5. The second-order valence-electron chi connectivity index (χ2n) is 4.72. The number of aryl methyl sites for hydroxylation is 1. The molecule has 0 amide bonds. The maximum absolute atomic E-state index is 6.28. The summed E-state index contributed by atoms with van der Waals surface area (Å²) in [6.07, 6.45) is 1.52. The molecule has 0 aromatic carbocycles. The SMILES string of the molecule is COC1(c2nc(Cl)c3cc(C)sc3n2)CCOCC1. The van der Waals surface area contributed by atoms with Crippen LogP contribution >= 0.6 is 22.9 Å². The maximum atomic E-state index is 6.28. The predicted octanol–water partition coefficient (Wildman–Crippen LogP) is 3.31. The van der Waals surface area contributed by atoms with E-state index in [0.717, 1.165) is 23.1 Å². The molecule has 2 aromatic rings. The topological polar surface area (TPSA) is 44.2 Å². The lowest BCUT2D eigenvalue weighted by Crippen LogP contribution is -2.37. The minimum atomic E-state index is -0.464. The predicted molar refractivity (Wildman–Crippen MR) is 75.9 cm³/mol. The number of fused-ring (bicyclic) bond motifs is 1. The van der Waals surface area contributed by atoms with E-state index in [0.29, 0.717) is 24.2 Å². The molecule has 6 heteroatoms. The number of thiophene rings is 1. The van der Waals surface area contributed by atoms with Crippen LogP contribution in [-0.4, -0.2) is 30.3 Å². The highest BCUT2D eigenvalue weighted by Gasteiger charge is 2.38. The van der Waals surface area contributed by atoms with Gasteiger partial charge in [0.25, 0.3) is 0 Å². The number of hydrogen-bond acceptors (Lipinski definition) is 5. The van der Waals surface area contributed by atoms with Crippen LogP contribution in [0.5, 0.6) is 0 Å². The summed E-state index contributed by atoms with van der Waals surface area (Å²) in [6.45, 7) is 3.37. The maximum Gasteiger partial charge on any atom is 0.163 e. The van der Waals surface area contributed by atoms with Crippen molar-refractivity contribution in [2.24, 2.45) is 0 Å². The average molecular weight is 299 g/mol. The van der Waals surface area contributed by atoms with Gasteiger partial charge in [0.1, 0.15) is 15.6 Å². The minimum absolute atomic E-state index is 0.464. The molecule has 102 valence electrons.